The first-order valence-electron chi connectivity index (χ1n) is 11.5. The Kier molecular flexibility index (Phi) is 6.03. The third kappa shape index (κ3) is 4.39. The van der Waals surface area contributed by atoms with Crippen molar-refractivity contribution in [3.63, 3.8) is 0 Å². The lowest BCUT2D eigenvalue weighted by Gasteiger charge is -2.33. The van der Waals surface area contributed by atoms with Gasteiger partial charge >= 0.3 is 5.69 Å². The number of piperidine rings is 1. The highest BCUT2D eigenvalue weighted by Gasteiger charge is 2.28. The second kappa shape index (κ2) is 9.43. The van der Waals surface area contributed by atoms with E-state index in [4.69, 9.17) is 4.42 Å². The number of carbonyl (C=O) groups is 2. The summed E-state index contributed by atoms with van der Waals surface area (Å²) in [4.78, 5) is 43.1. The summed E-state index contributed by atoms with van der Waals surface area (Å²) in [6.07, 6.45) is 2.99. The molecule has 34 heavy (non-hydrogen) atoms. The highest BCUT2D eigenvalue weighted by Crippen LogP contribution is 2.26. The van der Waals surface area contributed by atoms with Gasteiger partial charge in [0.25, 0.3) is 5.91 Å². The molecule has 1 unspecified atom stereocenters. The van der Waals surface area contributed by atoms with Crippen molar-refractivity contribution in [2.45, 2.75) is 31.3 Å². The fourth-order valence-electron chi connectivity index (χ4n) is 4.69. The number of hydrogen-bond acceptors (Lipinski definition) is 4. The minimum absolute atomic E-state index is 0.0293. The number of rotatable bonds is 6. The third-order valence-corrected chi connectivity index (χ3v) is 6.44. The van der Waals surface area contributed by atoms with Crippen molar-refractivity contribution in [3.8, 4) is 0 Å². The van der Waals surface area contributed by atoms with E-state index in [1.807, 2.05) is 64.1 Å². The molecule has 0 aliphatic carbocycles. The minimum Gasteiger partial charge on any atom is -0.459 e. The van der Waals surface area contributed by atoms with E-state index in [9.17, 15) is 14.4 Å². The first kappa shape index (κ1) is 21.8. The quantitative estimate of drug-likeness (QED) is 0.461. The highest BCUT2D eigenvalue weighted by atomic mass is 16.3. The van der Waals surface area contributed by atoms with Gasteiger partial charge < -0.3 is 19.6 Å². The zero-order valence-electron chi connectivity index (χ0n) is 18.6. The Hall–Kier alpha value is -4.07. The number of hydrogen-bond donors (Lipinski definition) is 2. The van der Waals surface area contributed by atoms with Crippen LogP contribution in [0.2, 0.25) is 0 Å². The summed E-state index contributed by atoms with van der Waals surface area (Å²) in [5.41, 5.74) is 2.46. The van der Waals surface area contributed by atoms with E-state index in [-0.39, 0.29) is 35.7 Å². The zero-order chi connectivity index (χ0) is 23.5. The van der Waals surface area contributed by atoms with Crippen molar-refractivity contribution >= 4 is 22.8 Å². The zero-order valence-corrected chi connectivity index (χ0v) is 18.6. The molecule has 174 valence electrons. The van der Waals surface area contributed by atoms with Gasteiger partial charge in [-0.25, -0.2) is 4.79 Å². The molecule has 1 aliphatic rings. The Morgan fingerprint density at radius 3 is 2.47 bits per heavy atom. The van der Waals surface area contributed by atoms with E-state index in [1.165, 1.54) is 6.26 Å². The number of nitrogens with one attached hydrogen (secondary N) is 2. The normalized spacial score (nSPS) is 15.4. The first-order valence-corrected chi connectivity index (χ1v) is 11.5. The van der Waals surface area contributed by atoms with Crippen molar-refractivity contribution in [2.75, 3.05) is 13.1 Å². The summed E-state index contributed by atoms with van der Waals surface area (Å²) < 4.78 is 7.02. The van der Waals surface area contributed by atoms with Gasteiger partial charge in [0.2, 0.25) is 5.91 Å². The smallest absolute Gasteiger partial charge is 0.326 e. The molecule has 8 heteroatoms. The molecule has 0 spiro atoms. The molecule has 5 rings (SSSR count). The average Bonchev–Trinajstić information content (AvgIpc) is 3.52. The maximum atomic E-state index is 13.2. The lowest BCUT2D eigenvalue weighted by atomic mass is 10.0. The molecule has 2 aromatic carbocycles. The molecular weight excluding hydrogens is 432 g/mol. The van der Waals surface area contributed by atoms with Crippen molar-refractivity contribution in [3.05, 3.63) is 94.8 Å². The summed E-state index contributed by atoms with van der Waals surface area (Å²) in [6, 6.07) is 19.9. The largest absolute Gasteiger partial charge is 0.459 e. The van der Waals surface area contributed by atoms with Gasteiger partial charge in [-0.15, -0.1) is 0 Å². The number of furan rings is 1. The van der Waals surface area contributed by atoms with Crippen LogP contribution in [0.25, 0.3) is 11.0 Å². The molecule has 3 heterocycles. The number of imidazole rings is 1. The second-order valence-corrected chi connectivity index (χ2v) is 8.55. The minimum atomic E-state index is -0.472. The SMILES string of the molecule is O=C(NC(CC(=O)N1CCC(n2c(=O)[nH]c3ccccc32)CC1)c1ccccc1)c1ccco1. The summed E-state index contributed by atoms with van der Waals surface area (Å²) in [7, 11) is 0. The van der Waals surface area contributed by atoms with E-state index in [0.29, 0.717) is 25.9 Å². The number of aromatic nitrogens is 2. The fraction of sp³-hybridized carbons (Fsp3) is 0.269. The predicted molar refractivity (Wildman–Crippen MR) is 127 cm³/mol. The number of amides is 2. The number of aromatic amines is 1. The maximum Gasteiger partial charge on any atom is 0.326 e. The Balaban J connectivity index is 1.27. The second-order valence-electron chi connectivity index (χ2n) is 8.55. The van der Waals surface area contributed by atoms with Gasteiger partial charge in [-0.2, -0.15) is 0 Å². The molecule has 0 saturated carbocycles. The Morgan fingerprint density at radius 2 is 1.74 bits per heavy atom. The average molecular weight is 459 g/mol. The van der Waals surface area contributed by atoms with E-state index < -0.39 is 6.04 Å². The standard InChI is InChI=1S/C26H26N4O4/c31-24(17-21(18-7-2-1-3-8-18)27-25(32)23-11-6-16-34-23)29-14-12-19(13-15-29)30-22-10-5-4-9-20(22)28-26(30)33/h1-11,16,19,21H,12-15,17H2,(H,27,32)(H,28,33). The van der Waals surface area contributed by atoms with Crippen molar-refractivity contribution in [2.24, 2.45) is 0 Å². The van der Waals surface area contributed by atoms with Crippen LogP contribution >= 0.6 is 0 Å². The van der Waals surface area contributed by atoms with Crippen LogP contribution in [-0.2, 0) is 4.79 Å². The molecule has 1 fully saturated rings. The van der Waals surface area contributed by atoms with Crippen molar-refractivity contribution in [1.29, 1.82) is 0 Å². The van der Waals surface area contributed by atoms with Crippen LogP contribution in [0, 0.1) is 0 Å². The molecule has 2 amide bonds. The molecule has 1 saturated heterocycles. The summed E-state index contributed by atoms with van der Waals surface area (Å²) in [5, 5.41) is 2.93. The Morgan fingerprint density at radius 1 is 1.00 bits per heavy atom. The molecule has 0 bridgehead atoms. The molecule has 4 aromatic rings. The van der Waals surface area contributed by atoms with Crippen LogP contribution in [0.15, 0.2) is 82.2 Å². The number of carbonyl (C=O) groups excluding carboxylic acids is 2. The van der Waals surface area contributed by atoms with Crippen molar-refractivity contribution in [1.82, 2.24) is 19.8 Å². The lowest BCUT2D eigenvalue weighted by molar-refractivity contribution is -0.133. The molecule has 2 N–H and O–H groups in total. The number of para-hydroxylation sites is 2. The van der Waals surface area contributed by atoms with E-state index in [0.717, 1.165) is 16.6 Å². The van der Waals surface area contributed by atoms with E-state index in [2.05, 4.69) is 10.3 Å². The fourth-order valence-corrected chi connectivity index (χ4v) is 4.69. The summed E-state index contributed by atoms with van der Waals surface area (Å²) >= 11 is 0. The Bertz CT molecular complexity index is 1330. The van der Waals surface area contributed by atoms with Gasteiger partial charge in [0, 0.05) is 19.1 Å². The maximum absolute atomic E-state index is 13.2. The van der Waals surface area contributed by atoms with Crippen LogP contribution < -0.4 is 11.0 Å². The highest BCUT2D eigenvalue weighted by molar-refractivity contribution is 5.92. The molecule has 0 radical (unpaired) electrons. The molecule has 8 nitrogen and oxygen atoms in total. The van der Waals surface area contributed by atoms with Gasteiger partial charge in [0.15, 0.2) is 5.76 Å². The van der Waals surface area contributed by atoms with E-state index in [1.54, 1.807) is 12.1 Å². The lowest BCUT2D eigenvalue weighted by Crippen LogP contribution is -2.42. The summed E-state index contributed by atoms with van der Waals surface area (Å²) in [5.74, 6) is -0.180. The molecule has 1 atom stereocenters. The molecular formula is C26H26N4O4. The van der Waals surface area contributed by atoms with Gasteiger partial charge in [-0.3, -0.25) is 14.2 Å². The number of fused-ring (bicyclic) bond motifs is 1. The van der Waals surface area contributed by atoms with Crippen LogP contribution in [0.4, 0.5) is 0 Å². The molecule has 1 aliphatic heterocycles. The number of benzene rings is 2. The number of nitrogens with zero attached hydrogens (tertiary/aromatic N) is 2. The van der Waals surface area contributed by atoms with Crippen LogP contribution in [0.1, 0.15) is 47.5 Å². The number of likely N-dealkylation sites (tertiary alicyclic amines) is 1. The predicted octanol–water partition coefficient (Wildman–Crippen LogP) is 3.65. The monoisotopic (exact) mass is 458 g/mol. The van der Waals surface area contributed by atoms with Crippen LogP contribution in [0.3, 0.4) is 0 Å². The molecule has 2 aromatic heterocycles. The summed E-state index contributed by atoms with van der Waals surface area (Å²) in [6.45, 7) is 1.12. The van der Waals surface area contributed by atoms with Gasteiger partial charge in [0.05, 0.1) is 29.8 Å². The Labute approximate surface area is 196 Å². The number of H-pyrrole nitrogens is 1. The van der Waals surface area contributed by atoms with Crippen molar-refractivity contribution < 1.29 is 14.0 Å². The first-order chi connectivity index (χ1) is 16.6. The van der Waals surface area contributed by atoms with Gasteiger partial charge in [-0.1, -0.05) is 42.5 Å². The van der Waals surface area contributed by atoms with Gasteiger partial charge in [-0.05, 0) is 42.7 Å². The van der Waals surface area contributed by atoms with Gasteiger partial charge in [0.1, 0.15) is 0 Å². The van der Waals surface area contributed by atoms with Crippen LogP contribution in [-0.4, -0.2) is 39.4 Å². The third-order valence-electron chi connectivity index (χ3n) is 6.44. The topological polar surface area (TPSA) is 100 Å². The van der Waals surface area contributed by atoms with E-state index >= 15 is 0 Å². The van der Waals surface area contributed by atoms with Crippen LogP contribution in [0.5, 0.6) is 0 Å².